The van der Waals surface area contributed by atoms with E-state index in [1.54, 1.807) is 0 Å². The van der Waals surface area contributed by atoms with Crippen LogP contribution in [0.1, 0.15) is 19.8 Å². The molecule has 2 heterocycles. The number of imidazole rings is 1. The van der Waals surface area contributed by atoms with E-state index in [4.69, 9.17) is 10.5 Å². The van der Waals surface area contributed by atoms with Gasteiger partial charge in [-0.1, -0.05) is 15.9 Å². The van der Waals surface area contributed by atoms with Gasteiger partial charge in [0.05, 0.1) is 23.2 Å². The Balaban J connectivity index is 2.20. The lowest BCUT2D eigenvalue weighted by Crippen LogP contribution is -2.39. The quantitative estimate of drug-likeness (QED) is 0.881. The number of nitrogen functional groups attached to an aromatic ring is 1. The molecule has 1 fully saturated rings. The van der Waals surface area contributed by atoms with Gasteiger partial charge in [0.1, 0.15) is 0 Å². The van der Waals surface area contributed by atoms with Gasteiger partial charge in [0.15, 0.2) is 0 Å². The van der Waals surface area contributed by atoms with Crippen LogP contribution in [0.4, 0.5) is 5.95 Å². The molecule has 5 heteroatoms. The van der Waals surface area contributed by atoms with Gasteiger partial charge in [0.25, 0.3) is 0 Å². The third kappa shape index (κ3) is 1.82. The lowest BCUT2D eigenvalue weighted by atomic mass is 9.94. The van der Waals surface area contributed by atoms with E-state index in [0.717, 1.165) is 35.0 Å². The van der Waals surface area contributed by atoms with Crippen molar-refractivity contribution < 1.29 is 4.74 Å². The van der Waals surface area contributed by atoms with E-state index in [1.807, 2.05) is 12.1 Å². The predicted octanol–water partition coefficient (Wildman–Crippen LogP) is 2.91. The highest BCUT2D eigenvalue weighted by Crippen LogP contribution is 2.34. The molecule has 3 rings (SSSR count). The summed E-state index contributed by atoms with van der Waals surface area (Å²) in [4.78, 5) is 4.44. The molecule has 1 atom stereocenters. The number of hydrogen-bond donors (Lipinski definition) is 1. The maximum Gasteiger partial charge on any atom is 0.201 e. The van der Waals surface area contributed by atoms with Crippen molar-refractivity contribution in [1.29, 1.82) is 0 Å². The Morgan fingerprint density at radius 1 is 1.50 bits per heavy atom. The number of hydrogen-bond acceptors (Lipinski definition) is 3. The summed E-state index contributed by atoms with van der Waals surface area (Å²) in [5, 5.41) is 0. The Morgan fingerprint density at radius 2 is 2.33 bits per heavy atom. The highest BCUT2D eigenvalue weighted by molar-refractivity contribution is 9.10. The minimum Gasteiger partial charge on any atom is -0.379 e. The average molecular weight is 310 g/mol. The van der Waals surface area contributed by atoms with Crippen molar-refractivity contribution in [2.75, 3.05) is 18.9 Å². The first-order valence-electron chi connectivity index (χ1n) is 6.12. The zero-order valence-corrected chi connectivity index (χ0v) is 11.9. The van der Waals surface area contributed by atoms with Crippen LogP contribution in [0.25, 0.3) is 11.0 Å². The summed E-state index contributed by atoms with van der Waals surface area (Å²) >= 11 is 3.50. The molecule has 96 valence electrons. The van der Waals surface area contributed by atoms with Crippen molar-refractivity contribution in [2.45, 2.75) is 25.3 Å². The molecule has 1 unspecified atom stereocenters. The normalized spacial score (nSPS) is 24.6. The minimum atomic E-state index is -0.0993. The zero-order valence-electron chi connectivity index (χ0n) is 10.3. The first-order valence-corrected chi connectivity index (χ1v) is 6.91. The number of anilines is 1. The summed E-state index contributed by atoms with van der Waals surface area (Å²) in [5.41, 5.74) is 8.00. The summed E-state index contributed by atoms with van der Waals surface area (Å²) in [5.74, 6) is 0.566. The number of halogens is 1. The van der Waals surface area contributed by atoms with Crippen molar-refractivity contribution >= 4 is 32.9 Å². The standard InChI is InChI=1S/C13H16BrN3O/c1-13(5-2-6-18-8-13)17-11-7-9(14)3-4-10(11)16-12(17)15/h3-4,7H,2,5-6,8H2,1H3,(H2,15,16). The van der Waals surface area contributed by atoms with E-state index in [1.165, 1.54) is 0 Å². The van der Waals surface area contributed by atoms with Crippen molar-refractivity contribution in [1.82, 2.24) is 9.55 Å². The van der Waals surface area contributed by atoms with Crippen LogP contribution in [0.5, 0.6) is 0 Å². The molecule has 0 aliphatic carbocycles. The van der Waals surface area contributed by atoms with Gasteiger partial charge in [-0.3, -0.25) is 0 Å². The lowest BCUT2D eigenvalue weighted by molar-refractivity contribution is 0.0124. The SMILES string of the molecule is CC1(n2c(N)nc3ccc(Br)cc32)CCCOC1. The number of benzene rings is 1. The van der Waals surface area contributed by atoms with Crippen molar-refractivity contribution in [3.63, 3.8) is 0 Å². The Bertz CT molecular complexity index is 587. The summed E-state index contributed by atoms with van der Waals surface area (Å²) in [6.45, 7) is 3.71. The van der Waals surface area contributed by atoms with Crippen LogP contribution in [-0.4, -0.2) is 22.8 Å². The van der Waals surface area contributed by atoms with Crippen LogP contribution in [0.3, 0.4) is 0 Å². The highest BCUT2D eigenvalue weighted by Gasteiger charge is 2.32. The fourth-order valence-electron chi connectivity index (χ4n) is 2.73. The molecule has 0 saturated carbocycles. The third-order valence-corrected chi connectivity index (χ3v) is 4.09. The first-order chi connectivity index (χ1) is 8.60. The molecule has 1 aliphatic rings. The first kappa shape index (κ1) is 12.0. The van der Waals surface area contributed by atoms with E-state index < -0.39 is 0 Å². The molecule has 0 amide bonds. The van der Waals surface area contributed by atoms with Gasteiger partial charge in [0, 0.05) is 11.1 Å². The molecule has 4 nitrogen and oxygen atoms in total. The number of ether oxygens (including phenoxy) is 1. The van der Waals surface area contributed by atoms with Crippen LogP contribution in [0, 0.1) is 0 Å². The van der Waals surface area contributed by atoms with Crippen LogP contribution in [0.2, 0.25) is 0 Å². The van der Waals surface area contributed by atoms with Crippen LogP contribution in [-0.2, 0) is 10.3 Å². The summed E-state index contributed by atoms with van der Waals surface area (Å²) in [6, 6.07) is 6.04. The molecular formula is C13H16BrN3O. The lowest BCUT2D eigenvalue weighted by Gasteiger charge is -2.35. The van der Waals surface area contributed by atoms with Gasteiger partial charge in [-0.15, -0.1) is 0 Å². The molecule has 0 radical (unpaired) electrons. The Labute approximate surface area is 114 Å². The van der Waals surface area contributed by atoms with E-state index in [2.05, 4.69) is 38.5 Å². The smallest absolute Gasteiger partial charge is 0.201 e. The molecule has 1 aliphatic heterocycles. The maximum atomic E-state index is 6.10. The van der Waals surface area contributed by atoms with Crippen LogP contribution >= 0.6 is 15.9 Å². The van der Waals surface area contributed by atoms with Crippen molar-refractivity contribution in [2.24, 2.45) is 0 Å². The van der Waals surface area contributed by atoms with E-state index >= 15 is 0 Å². The van der Waals surface area contributed by atoms with E-state index in [-0.39, 0.29) is 5.54 Å². The Morgan fingerprint density at radius 3 is 3.06 bits per heavy atom. The molecule has 0 spiro atoms. The molecule has 0 bridgehead atoms. The van der Waals surface area contributed by atoms with Gasteiger partial charge in [0.2, 0.25) is 5.95 Å². The summed E-state index contributed by atoms with van der Waals surface area (Å²) < 4.78 is 8.78. The predicted molar refractivity (Wildman–Crippen MR) is 75.5 cm³/mol. The highest BCUT2D eigenvalue weighted by atomic mass is 79.9. The number of rotatable bonds is 1. The Hall–Kier alpha value is -1.07. The van der Waals surface area contributed by atoms with Gasteiger partial charge in [-0.25, -0.2) is 4.98 Å². The van der Waals surface area contributed by atoms with E-state index in [9.17, 15) is 0 Å². The zero-order chi connectivity index (χ0) is 12.8. The molecule has 18 heavy (non-hydrogen) atoms. The van der Waals surface area contributed by atoms with Crippen LogP contribution < -0.4 is 5.73 Å². The second-order valence-corrected chi connectivity index (χ2v) is 6.01. The number of aromatic nitrogens is 2. The number of fused-ring (bicyclic) bond motifs is 1. The second-order valence-electron chi connectivity index (χ2n) is 5.09. The number of nitrogens with two attached hydrogens (primary N) is 1. The maximum absolute atomic E-state index is 6.10. The fraction of sp³-hybridized carbons (Fsp3) is 0.462. The Kier molecular flexibility index (Phi) is 2.83. The second kappa shape index (κ2) is 4.24. The average Bonchev–Trinajstić information content (AvgIpc) is 2.66. The molecule has 2 N–H and O–H groups in total. The van der Waals surface area contributed by atoms with Crippen molar-refractivity contribution in [3.05, 3.63) is 22.7 Å². The largest absolute Gasteiger partial charge is 0.379 e. The van der Waals surface area contributed by atoms with Crippen LogP contribution in [0.15, 0.2) is 22.7 Å². The molecule has 1 saturated heterocycles. The van der Waals surface area contributed by atoms with Gasteiger partial charge >= 0.3 is 0 Å². The van der Waals surface area contributed by atoms with Gasteiger partial charge in [-0.05, 0) is 38.0 Å². The fourth-order valence-corrected chi connectivity index (χ4v) is 3.08. The minimum absolute atomic E-state index is 0.0993. The summed E-state index contributed by atoms with van der Waals surface area (Å²) in [6.07, 6.45) is 2.12. The monoisotopic (exact) mass is 309 g/mol. The third-order valence-electron chi connectivity index (χ3n) is 3.60. The van der Waals surface area contributed by atoms with Crippen molar-refractivity contribution in [3.8, 4) is 0 Å². The summed E-state index contributed by atoms with van der Waals surface area (Å²) in [7, 11) is 0. The van der Waals surface area contributed by atoms with E-state index in [0.29, 0.717) is 12.6 Å². The molecule has 1 aromatic carbocycles. The van der Waals surface area contributed by atoms with Gasteiger partial charge < -0.3 is 15.0 Å². The number of nitrogens with zero attached hydrogens (tertiary/aromatic N) is 2. The molecular weight excluding hydrogens is 294 g/mol. The molecule has 2 aromatic rings. The topological polar surface area (TPSA) is 53.1 Å². The van der Waals surface area contributed by atoms with Gasteiger partial charge in [-0.2, -0.15) is 0 Å². The molecule has 1 aromatic heterocycles.